The molecule has 0 radical (unpaired) electrons. The molecule has 1 aromatic rings. The number of carbonyl (C=O) groups is 1. The van der Waals surface area contributed by atoms with E-state index in [1.807, 2.05) is 20.8 Å². The van der Waals surface area contributed by atoms with Crippen molar-refractivity contribution in [1.29, 1.82) is 0 Å². The quantitative estimate of drug-likeness (QED) is 0.707. The summed E-state index contributed by atoms with van der Waals surface area (Å²) < 4.78 is 5.53. The lowest BCUT2D eigenvalue weighted by molar-refractivity contribution is 0.0583. The van der Waals surface area contributed by atoms with Gasteiger partial charge in [0.15, 0.2) is 0 Å². The summed E-state index contributed by atoms with van der Waals surface area (Å²) in [6, 6.07) is 6.30. The summed E-state index contributed by atoms with van der Waals surface area (Å²) >= 11 is 0. The zero-order valence-electron chi connectivity index (χ0n) is 13.4. The predicted octanol–water partition coefficient (Wildman–Crippen LogP) is 4.28. The highest BCUT2D eigenvalue weighted by molar-refractivity contribution is 5.92. The number of ether oxygens (including phenoxy) is 1. The number of carbonyl (C=O) groups excluding carboxylic acids is 1. The van der Waals surface area contributed by atoms with Crippen LogP contribution in [0.3, 0.4) is 0 Å². The van der Waals surface area contributed by atoms with Gasteiger partial charge in [0.25, 0.3) is 0 Å². The van der Waals surface area contributed by atoms with E-state index in [-0.39, 0.29) is 11.5 Å². The monoisotopic (exact) mass is 275 g/mol. The van der Waals surface area contributed by atoms with E-state index in [2.05, 4.69) is 39.0 Å². The number of rotatable bonds is 0. The van der Waals surface area contributed by atoms with Crippen molar-refractivity contribution in [2.24, 2.45) is 0 Å². The van der Waals surface area contributed by atoms with E-state index in [9.17, 15) is 4.79 Å². The first-order valence-corrected chi connectivity index (χ1v) is 7.22. The van der Waals surface area contributed by atoms with Gasteiger partial charge < -0.3 is 4.74 Å². The van der Waals surface area contributed by atoms with Crippen LogP contribution in [0, 0.1) is 0 Å². The van der Waals surface area contributed by atoms with Crippen LogP contribution in [0.1, 0.15) is 52.7 Å². The van der Waals surface area contributed by atoms with Gasteiger partial charge in [-0.25, -0.2) is 4.79 Å². The molecule has 1 heterocycles. The highest BCUT2D eigenvalue weighted by atomic mass is 16.6. The SMILES string of the molecule is CC(C)(C)OC(=O)N1CCc2cccc(C(C)(C)C)c21. The van der Waals surface area contributed by atoms with Crippen LogP contribution in [-0.4, -0.2) is 18.2 Å². The van der Waals surface area contributed by atoms with Gasteiger partial charge in [-0.2, -0.15) is 0 Å². The smallest absolute Gasteiger partial charge is 0.414 e. The number of hydrogen-bond acceptors (Lipinski definition) is 2. The zero-order valence-corrected chi connectivity index (χ0v) is 13.4. The molecule has 1 aliphatic heterocycles. The minimum Gasteiger partial charge on any atom is -0.443 e. The Morgan fingerprint density at radius 1 is 1.15 bits per heavy atom. The Bertz CT molecular complexity index is 521. The molecule has 110 valence electrons. The van der Waals surface area contributed by atoms with Gasteiger partial charge in [-0.05, 0) is 43.7 Å². The summed E-state index contributed by atoms with van der Waals surface area (Å²) in [7, 11) is 0. The molecule has 1 amide bonds. The Labute approximate surface area is 121 Å². The maximum absolute atomic E-state index is 12.4. The van der Waals surface area contributed by atoms with Gasteiger partial charge in [-0.1, -0.05) is 39.0 Å². The molecule has 0 unspecified atom stereocenters. The summed E-state index contributed by atoms with van der Waals surface area (Å²) in [5.74, 6) is 0. The highest BCUT2D eigenvalue weighted by Gasteiger charge is 2.33. The fourth-order valence-corrected chi connectivity index (χ4v) is 2.56. The van der Waals surface area contributed by atoms with Gasteiger partial charge >= 0.3 is 6.09 Å². The van der Waals surface area contributed by atoms with E-state index in [4.69, 9.17) is 4.74 Å². The molecule has 0 atom stereocenters. The number of hydrogen-bond donors (Lipinski definition) is 0. The van der Waals surface area contributed by atoms with Crippen molar-refractivity contribution >= 4 is 11.8 Å². The molecule has 0 spiro atoms. The van der Waals surface area contributed by atoms with Crippen LogP contribution >= 0.6 is 0 Å². The second-order valence-corrected chi connectivity index (χ2v) is 7.45. The maximum Gasteiger partial charge on any atom is 0.414 e. The first-order valence-electron chi connectivity index (χ1n) is 7.22. The third-order valence-corrected chi connectivity index (χ3v) is 3.42. The van der Waals surface area contributed by atoms with E-state index in [0.717, 1.165) is 12.1 Å². The highest BCUT2D eigenvalue weighted by Crippen LogP contribution is 2.39. The van der Waals surface area contributed by atoms with Crippen LogP contribution in [0.2, 0.25) is 0 Å². The molecule has 0 N–H and O–H groups in total. The van der Waals surface area contributed by atoms with Crippen LogP contribution in [0.5, 0.6) is 0 Å². The van der Waals surface area contributed by atoms with Crippen molar-refractivity contribution in [2.75, 3.05) is 11.4 Å². The summed E-state index contributed by atoms with van der Waals surface area (Å²) in [4.78, 5) is 14.2. The Hall–Kier alpha value is -1.51. The molecule has 0 saturated heterocycles. The summed E-state index contributed by atoms with van der Waals surface area (Å²) in [6.45, 7) is 12.9. The number of fused-ring (bicyclic) bond motifs is 1. The lowest BCUT2D eigenvalue weighted by atomic mass is 9.84. The molecular weight excluding hydrogens is 250 g/mol. The van der Waals surface area contributed by atoms with Crippen molar-refractivity contribution < 1.29 is 9.53 Å². The molecule has 20 heavy (non-hydrogen) atoms. The molecule has 1 aliphatic rings. The summed E-state index contributed by atoms with van der Waals surface area (Å²) in [5, 5.41) is 0. The lowest BCUT2D eigenvalue weighted by Gasteiger charge is -2.29. The molecule has 0 saturated carbocycles. The fraction of sp³-hybridized carbons (Fsp3) is 0.588. The largest absolute Gasteiger partial charge is 0.443 e. The summed E-state index contributed by atoms with van der Waals surface area (Å²) in [6.07, 6.45) is 0.659. The van der Waals surface area contributed by atoms with Gasteiger partial charge in [0.05, 0.1) is 5.69 Å². The Balaban J connectivity index is 2.39. The van der Waals surface area contributed by atoms with Gasteiger partial charge in [0.1, 0.15) is 5.60 Å². The van der Waals surface area contributed by atoms with Crippen molar-refractivity contribution in [3.63, 3.8) is 0 Å². The third kappa shape index (κ3) is 2.97. The first-order chi connectivity index (χ1) is 9.09. The van der Waals surface area contributed by atoms with E-state index < -0.39 is 5.60 Å². The number of para-hydroxylation sites is 1. The minimum absolute atomic E-state index is 0.00987. The number of anilines is 1. The first kappa shape index (κ1) is 14.9. The summed E-state index contributed by atoms with van der Waals surface area (Å²) in [5.41, 5.74) is 3.04. The molecular formula is C17H25NO2. The number of amides is 1. The molecule has 0 fully saturated rings. The average molecular weight is 275 g/mol. The van der Waals surface area contributed by atoms with E-state index in [1.54, 1.807) is 4.90 Å². The Morgan fingerprint density at radius 2 is 1.80 bits per heavy atom. The molecule has 0 aliphatic carbocycles. The Kier molecular flexibility index (Phi) is 3.57. The van der Waals surface area contributed by atoms with Crippen molar-refractivity contribution in [2.45, 2.75) is 59.0 Å². The van der Waals surface area contributed by atoms with Crippen LogP contribution < -0.4 is 4.90 Å². The molecule has 0 bridgehead atoms. The maximum atomic E-state index is 12.4. The molecule has 2 rings (SSSR count). The van der Waals surface area contributed by atoms with Gasteiger partial charge in [-0.3, -0.25) is 4.90 Å². The van der Waals surface area contributed by atoms with Crippen LogP contribution in [-0.2, 0) is 16.6 Å². The molecule has 0 aromatic heterocycles. The second kappa shape index (κ2) is 4.80. The standard InChI is InChI=1S/C17H25NO2/c1-16(2,3)13-9-7-8-12-10-11-18(14(12)13)15(19)20-17(4,5)6/h7-9H,10-11H2,1-6H3. The van der Waals surface area contributed by atoms with Crippen LogP contribution in [0.15, 0.2) is 18.2 Å². The minimum atomic E-state index is -0.462. The molecule has 1 aromatic carbocycles. The van der Waals surface area contributed by atoms with Crippen LogP contribution in [0.25, 0.3) is 0 Å². The molecule has 3 heteroatoms. The normalized spacial score (nSPS) is 15.2. The van der Waals surface area contributed by atoms with E-state index in [1.165, 1.54) is 11.1 Å². The van der Waals surface area contributed by atoms with E-state index >= 15 is 0 Å². The predicted molar refractivity (Wildman–Crippen MR) is 82.4 cm³/mol. The van der Waals surface area contributed by atoms with Gasteiger partial charge in [0, 0.05) is 6.54 Å². The lowest BCUT2D eigenvalue weighted by Crippen LogP contribution is -2.36. The zero-order chi connectivity index (χ0) is 15.1. The number of benzene rings is 1. The molecule has 3 nitrogen and oxygen atoms in total. The second-order valence-electron chi connectivity index (χ2n) is 7.45. The third-order valence-electron chi connectivity index (χ3n) is 3.42. The van der Waals surface area contributed by atoms with Gasteiger partial charge in [-0.15, -0.1) is 0 Å². The Morgan fingerprint density at radius 3 is 2.35 bits per heavy atom. The number of nitrogens with zero attached hydrogens (tertiary/aromatic N) is 1. The van der Waals surface area contributed by atoms with Crippen molar-refractivity contribution in [1.82, 2.24) is 0 Å². The van der Waals surface area contributed by atoms with Gasteiger partial charge in [0.2, 0.25) is 0 Å². The fourth-order valence-electron chi connectivity index (χ4n) is 2.56. The van der Waals surface area contributed by atoms with Crippen LogP contribution in [0.4, 0.5) is 10.5 Å². The van der Waals surface area contributed by atoms with Crippen molar-refractivity contribution in [3.8, 4) is 0 Å². The average Bonchev–Trinajstić information content (AvgIpc) is 2.68. The van der Waals surface area contributed by atoms with Crippen molar-refractivity contribution in [3.05, 3.63) is 29.3 Å². The van der Waals surface area contributed by atoms with E-state index in [0.29, 0.717) is 6.54 Å². The topological polar surface area (TPSA) is 29.5 Å².